The maximum atomic E-state index is 12.9. The van der Waals surface area contributed by atoms with Crippen LogP contribution in [0.4, 0.5) is 13.2 Å². The van der Waals surface area contributed by atoms with Crippen molar-refractivity contribution >= 4 is 27.3 Å². The number of carbonyl (C=O) groups is 1. The van der Waals surface area contributed by atoms with Gasteiger partial charge in [0.05, 0.1) is 4.90 Å². The molecule has 0 saturated carbocycles. The zero-order valence-corrected chi connectivity index (χ0v) is 16.5. The summed E-state index contributed by atoms with van der Waals surface area (Å²) < 4.78 is 65.2. The largest absolute Gasteiger partial charge is 0.406 e. The van der Waals surface area contributed by atoms with Crippen LogP contribution in [0.5, 0.6) is 0 Å². The summed E-state index contributed by atoms with van der Waals surface area (Å²) in [5.74, 6) is -0.798. The Morgan fingerprint density at radius 3 is 2.29 bits per heavy atom. The lowest BCUT2D eigenvalue weighted by Crippen LogP contribution is -2.38. The van der Waals surface area contributed by atoms with Gasteiger partial charge in [-0.15, -0.1) is 0 Å². The average Bonchev–Trinajstić information content (AvgIpc) is 3.33. The Balaban J connectivity index is 1.80. The van der Waals surface area contributed by atoms with Gasteiger partial charge >= 0.3 is 6.18 Å². The zero-order chi connectivity index (χ0) is 20.4. The van der Waals surface area contributed by atoms with Gasteiger partial charge in [-0.1, -0.05) is 0 Å². The predicted molar refractivity (Wildman–Crippen MR) is 99.5 cm³/mol. The second-order valence-corrected chi connectivity index (χ2v) is 9.26. The molecule has 152 valence electrons. The van der Waals surface area contributed by atoms with E-state index in [1.165, 1.54) is 39.9 Å². The van der Waals surface area contributed by atoms with Gasteiger partial charge in [-0.25, -0.2) is 8.42 Å². The molecule has 0 aliphatic carbocycles. The van der Waals surface area contributed by atoms with Crippen molar-refractivity contribution in [2.24, 2.45) is 0 Å². The predicted octanol–water partition coefficient (Wildman–Crippen LogP) is 3.74. The number of sulfonamides is 1. The molecule has 0 N–H and O–H groups in total. The molecule has 1 saturated heterocycles. The summed E-state index contributed by atoms with van der Waals surface area (Å²) in [6, 6.07) is 6.74. The molecule has 1 aromatic heterocycles. The maximum Gasteiger partial charge on any atom is 0.406 e. The third kappa shape index (κ3) is 4.92. The lowest BCUT2D eigenvalue weighted by Gasteiger charge is -2.24. The molecule has 0 unspecified atom stereocenters. The van der Waals surface area contributed by atoms with Gasteiger partial charge in [-0.2, -0.15) is 28.8 Å². The molecule has 3 rings (SSSR count). The third-order valence-corrected chi connectivity index (χ3v) is 7.06. The highest BCUT2D eigenvalue weighted by Crippen LogP contribution is 2.23. The van der Waals surface area contributed by atoms with Gasteiger partial charge in [0.15, 0.2) is 0 Å². The number of amides is 1. The van der Waals surface area contributed by atoms with Crippen LogP contribution in [0.1, 0.15) is 28.8 Å². The molecule has 1 fully saturated rings. The minimum absolute atomic E-state index is 0.0138. The van der Waals surface area contributed by atoms with E-state index >= 15 is 0 Å². The minimum atomic E-state index is -4.54. The van der Waals surface area contributed by atoms with Gasteiger partial charge < -0.3 is 4.90 Å². The van der Waals surface area contributed by atoms with Crippen LogP contribution in [-0.2, 0) is 16.6 Å². The van der Waals surface area contributed by atoms with Crippen LogP contribution < -0.4 is 0 Å². The molecular formula is C18H19F3N2O3S2. The van der Waals surface area contributed by atoms with Crippen molar-refractivity contribution in [3.63, 3.8) is 0 Å². The SMILES string of the molecule is O=C(c1ccc(S(=O)(=O)N2CCCC2)cc1)N(Cc1ccsc1)CC(F)(F)F. The van der Waals surface area contributed by atoms with E-state index in [9.17, 15) is 26.4 Å². The first-order chi connectivity index (χ1) is 13.2. The molecule has 2 aromatic rings. The van der Waals surface area contributed by atoms with E-state index in [-0.39, 0.29) is 17.0 Å². The molecular weight excluding hydrogens is 413 g/mol. The van der Waals surface area contributed by atoms with Crippen molar-refractivity contribution in [3.8, 4) is 0 Å². The van der Waals surface area contributed by atoms with Gasteiger partial charge in [0.2, 0.25) is 10.0 Å². The first kappa shape index (κ1) is 20.8. The van der Waals surface area contributed by atoms with Gasteiger partial charge in [0.25, 0.3) is 5.91 Å². The molecule has 10 heteroatoms. The Kier molecular flexibility index (Phi) is 6.11. The smallest absolute Gasteiger partial charge is 0.325 e. The van der Waals surface area contributed by atoms with E-state index in [0.717, 1.165) is 12.8 Å². The molecule has 1 amide bonds. The molecule has 1 aromatic carbocycles. The number of hydrogen-bond acceptors (Lipinski definition) is 4. The monoisotopic (exact) mass is 432 g/mol. The van der Waals surface area contributed by atoms with E-state index in [1.807, 2.05) is 0 Å². The Morgan fingerprint density at radius 1 is 1.11 bits per heavy atom. The van der Waals surface area contributed by atoms with Crippen LogP contribution in [0.15, 0.2) is 46.0 Å². The summed E-state index contributed by atoms with van der Waals surface area (Å²) in [4.78, 5) is 13.4. The summed E-state index contributed by atoms with van der Waals surface area (Å²) in [7, 11) is -3.64. The Labute approximate surface area is 165 Å². The average molecular weight is 432 g/mol. The lowest BCUT2D eigenvalue weighted by molar-refractivity contribution is -0.141. The Morgan fingerprint density at radius 2 is 1.75 bits per heavy atom. The molecule has 2 heterocycles. The molecule has 1 aliphatic heterocycles. The second-order valence-electron chi connectivity index (χ2n) is 6.54. The summed E-state index contributed by atoms with van der Waals surface area (Å²) in [5.41, 5.74) is 0.621. The molecule has 1 aliphatic rings. The maximum absolute atomic E-state index is 12.9. The Bertz CT molecular complexity index is 905. The third-order valence-electron chi connectivity index (χ3n) is 4.41. The number of rotatable bonds is 6. The highest BCUT2D eigenvalue weighted by atomic mass is 32.2. The first-order valence-electron chi connectivity index (χ1n) is 8.64. The van der Waals surface area contributed by atoms with Crippen LogP contribution in [-0.4, -0.2) is 49.3 Å². The molecule has 0 radical (unpaired) electrons. The van der Waals surface area contributed by atoms with Crippen LogP contribution >= 0.6 is 11.3 Å². The highest BCUT2D eigenvalue weighted by molar-refractivity contribution is 7.89. The van der Waals surface area contributed by atoms with Crippen molar-refractivity contribution in [1.29, 1.82) is 0 Å². The van der Waals surface area contributed by atoms with E-state index in [1.54, 1.807) is 16.8 Å². The first-order valence-corrected chi connectivity index (χ1v) is 11.0. The van der Waals surface area contributed by atoms with Crippen LogP contribution in [0.2, 0.25) is 0 Å². The van der Waals surface area contributed by atoms with Crippen molar-refractivity contribution in [1.82, 2.24) is 9.21 Å². The van der Waals surface area contributed by atoms with Gasteiger partial charge in [0.1, 0.15) is 6.54 Å². The quantitative estimate of drug-likeness (QED) is 0.699. The van der Waals surface area contributed by atoms with Gasteiger partial charge in [0, 0.05) is 25.2 Å². The summed E-state index contributed by atoms with van der Waals surface area (Å²) in [6.07, 6.45) is -2.94. The molecule has 5 nitrogen and oxygen atoms in total. The summed E-state index contributed by atoms with van der Waals surface area (Å²) >= 11 is 1.33. The van der Waals surface area contributed by atoms with E-state index in [4.69, 9.17) is 0 Å². The molecule has 28 heavy (non-hydrogen) atoms. The Hall–Kier alpha value is -1.91. The van der Waals surface area contributed by atoms with Crippen molar-refractivity contribution in [3.05, 3.63) is 52.2 Å². The van der Waals surface area contributed by atoms with E-state index in [2.05, 4.69) is 0 Å². The molecule has 0 bridgehead atoms. The van der Waals surface area contributed by atoms with E-state index < -0.39 is 28.7 Å². The summed E-state index contributed by atoms with van der Waals surface area (Å²) in [5, 5.41) is 3.41. The fourth-order valence-electron chi connectivity index (χ4n) is 3.05. The lowest BCUT2D eigenvalue weighted by atomic mass is 10.2. The van der Waals surface area contributed by atoms with Crippen LogP contribution in [0, 0.1) is 0 Å². The molecule has 0 atom stereocenters. The normalized spacial score (nSPS) is 15.7. The second kappa shape index (κ2) is 8.22. The topological polar surface area (TPSA) is 57.7 Å². The number of benzene rings is 1. The molecule has 0 spiro atoms. The van der Waals surface area contributed by atoms with Crippen LogP contribution in [0.25, 0.3) is 0 Å². The van der Waals surface area contributed by atoms with Gasteiger partial charge in [-0.05, 0) is 59.5 Å². The number of thiophene rings is 1. The van der Waals surface area contributed by atoms with Crippen molar-refractivity contribution in [2.75, 3.05) is 19.6 Å². The highest BCUT2D eigenvalue weighted by Gasteiger charge is 2.34. The standard InChI is InChI=1S/C18H19F3N2O3S2/c19-18(20,21)13-22(11-14-7-10-27-12-14)17(24)15-3-5-16(6-4-15)28(25,26)23-8-1-2-9-23/h3-7,10,12H,1-2,8-9,11,13H2. The zero-order valence-electron chi connectivity index (χ0n) is 14.9. The number of alkyl halides is 3. The van der Waals surface area contributed by atoms with Crippen molar-refractivity contribution < 1.29 is 26.4 Å². The number of halogens is 3. The minimum Gasteiger partial charge on any atom is -0.325 e. The fraction of sp³-hybridized carbons (Fsp3) is 0.389. The fourth-order valence-corrected chi connectivity index (χ4v) is 5.23. The van der Waals surface area contributed by atoms with Crippen LogP contribution in [0.3, 0.4) is 0 Å². The van der Waals surface area contributed by atoms with E-state index in [0.29, 0.717) is 23.6 Å². The number of carbonyl (C=O) groups excluding carboxylic acids is 1. The number of nitrogens with zero attached hydrogens (tertiary/aromatic N) is 2. The number of hydrogen-bond donors (Lipinski definition) is 0. The summed E-state index contributed by atoms with van der Waals surface area (Å²) in [6.45, 7) is -0.656. The van der Waals surface area contributed by atoms with Crippen molar-refractivity contribution in [2.45, 2.75) is 30.5 Å². The van der Waals surface area contributed by atoms with Gasteiger partial charge in [-0.3, -0.25) is 4.79 Å².